The van der Waals surface area contributed by atoms with Gasteiger partial charge in [0, 0.05) is 30.8 Å². The summed E-state index contributed by atoms with van der Waals surface area (Å²) in [5.41, 5.74) is 2.06. The molecule has 1 aliphatic heterocycles. The third kappa shape index (κ3) is 2.21. The number of hydrogen-bond donors (Lipinski definition) is 0. The third-order valence-electron chi connectivity index (χ3n) is 3.35. The molecule has 1 aliphatic rings. The van der Waals surface area contributed by atoms with Crippen LogP contribution in [-0.2, 0) is 4.79 Å². The lowest BCUT2D eigenvalue weighted by Gasteiger charge is -2.38. The first-order valence-electron chi connectivity index (χ1n) is 6.19. The normalized spacial score (nSPS) is 15.1. The number of nitrogens with zero attached hydrogens (tertiary/aromatic N) is 2. The van der Waals surface area contributed by atoms with E-state index in [0.717, 1.165) is 17.5 Å². The van der Waals surface area contributed by atoms with Gasteiger partial charge >= 0.3 is 0 Å². The van der Waals surface area contributed by atoms with Crippen LogP contribution in [0, 0.1) is 11.7 Å². The van der Waals surface area contributed by atoms with E-state index in [2.05, 4.69) is 4.98 Å². The van der Waals surface area contributed by atoms with Crippen molar-refractivity contribution in [3.05, 3.63) is 48.4 Å². The minimum Gasteiger partial charge on any atom is -0.368 e. The number of hydrogen-bond acceptors (Lipinski definition) is 3. The first-order chi connectivity index (χ1) is 9.28. The fourth-order valence-corrected chi connectivity index (χ4v) is 2.25. The van der Waals surface area contributed by atoms with Gasteiger partial charge in [0.2, 0.25) is 0 Å². The van der Waals surface area contributed by atoms with Crippen molar-refractivity contribution >= 4 is 12.0 Å². The minimum atomic E-state index is -0.271. The van der Waals surface area contributed by atoms with E-state index in [0.29, 0.717) is 18.8 Å². The molecule has 2 heterocycles. The number of benzene rings is 1. The van der Waals surface area contributed by atoms with Crippen LogP contribution in [0.3, 0.4) is 0 Å². The second kappa shape index (κ2) is 4.80. The molecule has 1 saturated heterocycles. The van der Waals surface area contributed by atoms with Crippen molar-refractivity contribution in [3.63, 3.8) is 0 Å². The molecule has 0 amide bonds. The van der Waals surface area contributed by atoms with E-state index in [1.54, 1.807) is 12.3 Å². The number of rotatable bonds is 3. The zero-order valence-corrected chi connectivity index (χ0v) is 10.3. The molecular weight excluding hydrogens is 243 g/mol. The summed E-state index contributed by atoms with van der Waals surface area (Å²) >= 11 is 0. The third-order valence-corrected chi connectivity index (χ3v) is 3.35. The Balaban J connectivity index is 1.85. The monoisotopic (exact) mass is 256 g/mol. The summed E-state index contributed by atoms with van der Waals surface area (Å²) < 4.78 is 14.1. The average Bonchev–Trinajstić information content (AvgIpc) is 2.40. The molecule has 0 spiro atoms. The Hall–Kier alpha value is -2.23. The van der Waals surface area contributed by atoms with Gasteiger partial charge in [-0.15, -0.1) is 0 Å². The Morgan fingerprint density at radius 3 is 2.74 bits per heavy atom. The van der Waals surface area contributed by atoms with Crippen molar-refractivity contribution in [2.45, 2.75) is 0 Å². The second-order valence-corrected chi connectivity index (χ2v) is 4.68. The summed E-state index contributed by atoms with van der Waals surface area (Å²) in [6, 6.07) is 10.6. The van der Waals surface area contributed by atoms with E-state index in [1.165, 1.54) is 6.07 Å². The zero-order chi connectivity index (χ0) is 13.2. The lowest BCUT2D eigenvalue weighted by atomic mass is 10.0. The molecule has 3 rings (SSSR count). The van der Waals surface area contributed by atoms with E-state index < -0.39 is 0 Å². The van der Waals surface area contributed by atoms with Crippen molar-refractivity contribution in [2.24, 2.45) is 5.92 Å². The predicted molar refractivity (Wildman–Crippen MR) is 71.4 cm³/mol. The van der Waals surface area contributed by atoms with Crippen LogP contribution in [0.2, 0.25) is 0 Å². The van der Waals surface area contributed by atoms with Gasteiger partial charge in [-0.3, -0.25) is 4.98 Å². The van der Waals surface area contributed by atoms with Crippen molar-refractivity contribution in [1.82, 2.24) is 4.98 Å². The second-order valence-electron chi connectivity index (χ2n) is 4.68. The van der Waals surface area contributed by atoms with Crippen molar-refractivity contribution in [2.75, 3.05) is 18.0 Å². The summed E-state index contributed by atoms with van der Waals surface area (Å²) in [5.74, 6) is -0.234. The molecule has 1 aromatic heterocycles. The molecule has 4 heteroatoms. The van der Waals surface area contributed by atoms with Crippen LogP contribution < -0.4 is 4.90 Å². The molecule has 96 valence electrons. The fourth-order valence-electron chi connectivity index (χ4n) is 2.25. The summed E-state index contributed by atoms with van der Waals surface area (Å²) in [6.45, 7) is 1.20. The average molecular weight is 256 g/mol. The molecule has 1 fully saturated rings. The molecule has 19 heavy (non-hydrogen) atoms. The summed E-state index contributed by atoms with van der Waals surface area (Å²) in [6.07, 6.45) is 2.61. The quantitative estimate of drug-likeness (QED) is 0.791. The van der Waals surface area contributed by atoms with Gasteiger partial charge in [-0.2, -0.15) is 0 Å². The van der Waals surface area contributed by atoms with Crippen LogP contribution in [0.15, 0.2) is 42.6 Å². The molecule has 0 unspecified atom stereocenters. The van der Waals surface area contributed by atoms with E-state index >= 15 is 0 Å². The molecule has 0 aliphatic carbocycles. The largest absolute Gasteiger partial charge is 0.368 e. The molecule has 0 atom stereocenters. The predicted octanol–water partition coefficient (Wildman–Crippen LogP) is 2.52. The molecule has 1 aromatic carbocycles. The van der Waals surface area contributed by atoms with Gasteiger partial charge in [-0.05, 0) is 24.3 Å². The van der Waals surface area contributed by atoms with Gasteiger partial charge in [0.1, 0.15) is 12.1 Å². The molecule has 0 N–H and O–H groups in total. The SMILES string of the molecule is O=CC1CN(c2ccc(-c3ccccn3)cc2F)C1. The number of aromatic nitrogens is 1. The Morgan fingerprint density at radius 2 is 2.11 bits per heavy atom. The molecular formula is C15H13FN2O. The zero-order valence-electron chi connectivity index (χ0n) is 10.3. The van der Waals surface area contributed by atoms with Crippen LogP contribution >= 0.6 is 0 Å². The minimum absolute atomic E-state index is 0.0369. The molecule has 0 bridgehead atoms. The standard InChI is InChI=1S/C15H13FN2O/c16-13-7-12(14-3-1-2-6-17-14)4-5-15(13)18-8-11(9-18)10-19/h1-7,10-11H,8-9H2. The number of aldehydes is 1. The van der Waals surface area contributed by atoms with Crippen LogP contribution in [0.4, 0.5) is 10.1 Å². The lowest BCUT2D eigenvalue weighted by molar-refractivity contribution is -0.111. The Kier molecular flexibility index (Phi) is 2.99. The highest BCUT2D eigenvalue weighted by molar-refractivity contribution is 5.67. The smallest absolute Gasteiger partial charge is 0.147 e. The maximum Gasteiger partial charge on any atom is 0.147 e. The number of halogens is 1. The topological polar surface area (TPSA) is 33.2 Å². The highest BCUT2D eigenvalue weighted by atomic mass is 19.1. The first kappa shape index (κ1) is 11.8. The number of carbonyl (C=O) groups excluding carboxylic acids is 1. The Morgan fingerprint density at radius 1 is 1.26 bits per heavy atom. The number of pyridine rings is 1. The summed E-state index contributed by atoms with van der Waals surface area (Å²) in [5, 5.41) is 0. The molecule has 2 aromatic rings. The fraction of sp³-hybridized carbons (Fsp3) is 0.200. The van der Waals surface area contributed by atoms with Crippen LogP contribution in [0.25, 0.3) is 11.3 Å². The van der Waals surface area contributed by atoms with E-state index in [9.17, 15) is 9.18 Å². The highest BCUT2D eigenvalue weighted by Gasteiger charge is 2.28. The van der Waals surface area contributed by atoms with E-state index in [-0.39, 0.29) is 11.7 Å². The van der Waals surface area contributed by atoms with Gasteiger partial charge in [-0.25, -0.2) is 4.39 Å². The summed E-state index contributed by atoms with van der Waals surface area (Å²) in [7, 11) is 0. The van der Waals surface area contributed by atoms with E-state index in [1.807, 2.05) is 29.2 Å². The summed E-state index contributed by atoms with van der Waals surface area (Å²) in [4.78, 5) is 16.6. The lowest BCUT2D eigenvalue weighted by Crippen LogP contribution is -2.47. The Labute approximate surface area is 110 Å². The van der Waals surface area contributed by atoms with Gasteiger partial charge in [0.05, 0.1) is 11.4 Å². The maximum atomic E-state index is 14.1. The number of anilines is 1. The molecule has 3 nitrogen and oxygen atoms in total. The van der Waals surface area contributed by atoms with Crippen LogP contribution in [0.1, 0.15) is 0 Å². The van der Waals surface area contributed by atoms with E-state index in [4.69, 9.17) is 0 Å². The van der Waals surface area contributed by atoms with Crippen LogP contribution in [-0.4, -0.2) is 24.4 Å². The molecule has 0 saturated carbocycles. The van der Waals surface area contributed by atoms with Gasteiger partial charge in [0.25, 0.3) is 0 Å². The van der Waals surface area contributed by atoms with Crippen LogP contribution in [0.5, 0.6) is 0 Å². The van der Waals surface area contributed by atoms with Gasteiger partial charge in [-0.1, -0.05) is 12.1 Å². The van der Waals surface area contributed by atoms with Gasteiger partial charge < -0.3 is 9.69 Å². The Bertz CT molecular complexity index is 594. The first-order valence-corrected chi connectivity index (χ1v) is 6.19. The maximum absolute atomic E-state index is 14.1. The van der Waals surface area contributed by atoms with Gasteiger partial charge in [0.15, 0.2) is 0 Å². The van der Waals surface area contributed by atoms with Crippen molar-refractivity contribution in [1.29, 1.82) is 0 Å². The van der Waals surface area contributed by atoms with Crippen molar-refractivity contribution < 1.29 is 9.18 Å². The number of carbonyl (C=O) groups is 1. The highest BCUT2D eigenvalue weighted by Crippen LogP contribution is 2.29. The molecule has 0 radical (unpaired) electrons. The van der Waals surface area contributed by atoms with Crippen molar-refractivity contribution in [3.8, 4) is 11.3 Å².